The molecule has 0 saturated heterocycles. The van der Waals surface area contributed by atoms with Crippen LogP contribution in [0.25, 0.3) is 0 Å². The smallest absolute Gasteiger partial charge is 0.129 e. The van der Waals surface area contributed by atoms with E-state index in [4.69, 9.17) is 4.74 Å². The Labute approximate surface area is 132 Å². The Morgan fingerprint density at radius 3 is 2.71 bits per heavy atom. The molecular formula is C18H25NOS. The summed E-state index contributed by atoms with van der Waals surface area (Å²) in [5, 5.41) is 5.74. The maximum absolute atomic E-state index is 5.33. The number of benzene rings is 1. The van der Waals surface area contributed by atoms with Gasteiger partial charge < -0.3 is 10.1 Å². The van der Waals surface area contributed by atoms with Crippen molar-refractivity contribution in [1.29, 1.82) is 0 Å². The summed E-state index contributed by atoms with van der Waals surface area (Å²) >= 11 is 1.76. The average molecular weight is 303 g/mol. The van der Waals surface area contributed by atoms with Gasteiger partial charge in [0.15, 0.2) is 0 Å². The van der Waals surface area contributed by atoms with Crippen molar-refractivity contribution in [2.75, 3.05) is 13.7 Å². The maximum atomic E-state index is 5.33. The lowest BCUT2D eigenvalue weighted by Gasteiger charge is -2.18. The maximum Gasteiger partial charge on any atom is 0.129 e. The van der Waals surface area contributed by atoms with Crippen molar-refractivity contribution in [3.63, 3.8) is 0 Å². The first-order chi connectivity index (χ1) is 10.3. The number of rotatable bonds is 8. The van der Waals surface area contributed by atoms with Crippen molar-refractivity contribution >= 4 is 11.3 Å². The molecule has 0 aliphatic heterocycles. The number of hydrogen-bond acceptors (Lipinski definition) is 3. The molecule has 1 heterocycles. The zero-order valence-electron chi connectivity index (χ0n) is 13.2. The highest BCUT2D eigenvalue weighted by Gasteiger charge is 2.16. The van der Waals surface area contributed by atoms with Crippen molar-refractivity contribution in [2.45, 2.75) is 39.2 Å². The summed E-state index contributed by atoms with van der Waals surface area (Å²) in [5.74, 6) is 0.947. The first-order valence-electron chi connectivity index (χ1n) is 7.73. The number of ether oxygens (including phenoxy) is 1. The van der Waals surface area contributed by atoms with Gasteiger partial charge >= 0.3 is 0 Å². The van der Waals surface area contributed by atoms with Gasteiger partial charge in [0.1, 0.15) is 5.75 Å². The third kappa shape index (κ3) is 4.32. The van der Waals surface area contributed by atoms with Crippen LogP contribution in [0.5, 0.6) is 5.75 Å². The van der Waals surface area contributed by atoms with Crippen LogP contribution in [0.3, 0.4) is 0 Å². The molecule has 0 radical (unpaired) electrons. The normalized spacial score (nSPS) is 12.3. The van der Waals surface area contributed by atoms with Crippen LogP contribution in [-0.2, 0) is 6.42 Å². The van der Waals surface area contributed by atoms with Crippen molar-refractivity contribution in [2.24, 2.45) is 0 Å². The SMILES string of the molecule is CCCNC(c1cccc(CCC)c1)c1cc(OC)cs1. The Morgan fingerprint density at radius 2 is 2.05 bits per heavy atom. The molecule has 3 heteroatoms. The minimum absolute atomic E-state index is 0.260. The van der Waals surface area contributed by atoms with E-state index >= 15 is 0 Å². The van der Waals surface area contributed by atoms with Gasteiger partial charge in [-0.25, -0.2) is 0 Å². The van der Waals surface area contributed by atoms with Gasteiger partial charge in [0.25, 0.3) is 0 Å². The Morgan fingerprint density at radius 1 is 1.19 bits per heavy atom. The Bertz CT molecular complexity index is 550. The van der Waals surface area contributed by atoms with Gasteiger partial charge in [-0.15, -0.1) is 11.3 Å². The van der Waals surface area contributed by atoms with Gasteiger partial charge in [-0.1, -0.05) is 44.5 Å². The summed E-state index contributed by atoms with van der Waals surface area (Å²) in [7, 11) is 1.72. The number of nitrogens with one attached hydrogen (secondary N) is 1. The van der Waals surface area contributed by atoms with E-state index in [9.17, 15) is 0 Å². The van der Waals surface area contributed by atoms with Gasteiger partial charge in [0.2, 0.25) is 0 Å². The summed E-state index contributed by atoms with van der Waals surface area (Å²) in [6, 6.07) is 11.4. The lowest BCUT2D eigenvalue weighted by molar-refractivity contribution is 0.416. The molecule has 1 atom stereocenters. The van der Waals surface area contributed by atoms with E-state index in [0.29, 0.717) is 0 Å². The van der Waals surface area contributed by atoms with E-state index in [0.717, 1.165) is 25.1 Å². The molecule has 0 amide bonds. The average Bonchev–Trinajstić information content (AvgIpc) is 2.97. The molecule has 2 nitrogen and oxygen atoms in total. The van der Waals surface area contributed by atoms with Crippen LogP contribution < -0.4 is 10.1 Å². The zero-order valence-corrected chi connectivity index (χ0v) is 14.0. The van der Waals surface area contributed by atoms with E-state index in [1.807, 2.05) is 0 Å². The van der Waals surface area contributed by atoms with Crippen molar-refractivity contribution < 1.29 is 4.74 Å². The highest BCUT2D eigenvalue weighted by atomic mass is 32.1. The number of hydrogen-bond donors (Lipinski definition) is 1. The van der Waals surface area contributed by atoms with Crippen molar-refractivity contribution in [3.05, 3.63) is 51.7 Å². The van der Waals surface area contributed by atoms with Crippen LogP contribution in [0.2, 0.25) is 0 Å². The molecule has 0 bridgehead atoms. The van der Waals surface area contributed by atoms with Gasteiger partial charge in [-0.2, -0.15) is 0 Å². The minimum Gasteiger partial charge on any atom is -0.496 e. The van der Waals surface area contributed by atoms with Gasteiger partial charge in [-0.3, -0.25) is 0 Å². The molecule has 1 unspecified atom stereocenters. The lowest BCUT2D eigenvalue weighted by atomic mass is 10.0. The van der Waals surface area contributed by atoms with Crippen LogP contribution in [-0.4, -0.2) is 13.7 Å². The third-order valence-electron chi connectivity index (χ3n) is 3.54. The van der Waals surface area contributed by atoms with Crippen molar-refractivity contribution in [3.8, 4) is 5.75 Å². The Hall–Kier alpha value is -1.32. The van der Waals surface area contributed by atoms with Crippen molar-refractivity contribution in [1.82, 2.24) is 5.32 Å². The summed E-state index contributed by atoms with van der Waals surface area (Å²) in [6.45, 7) is 5.44. The van der Waals surface area contributed by atoms with Crippen LogP contribution >= 0.6 is 11.3 Å². The monoisotopic (exact) mass is 303 g/mol. The fourth-order valence-corrected chi connectivity index (χ4v) is 3.44. The first-order valence-corrected chi connectivity index (χ1v) is 8.61. The highest BCUT2D eigenvalue weighted by molar-refractivity contribution is 7.10. The molecule has 1 N–H and O–H groups in total. The minimum atomic E-state index is 0.260. The molecule has 21 heavy (non-hydrogen) atoms. The number of methoxy groups -OCH3 is 1. The molecule has 0 spiro atoms. The molecular weight excluding hydrogens is 278 g/mol. The summed E-state index contributed by atoms with van der Waals surface area (Å²) in [6.07, 6.45) is 3.46. The molecule has 0 fully saturated rings. The summed E-state index contributed by atoms with van der Waals surface area (Å²) < 4.78 is 5.33. The second-order valence-electron chi connectivity index (χ2n) is 5.27. The van der Waals surface area contributed by atoms with Crippen LogP contribution in [0, 0.1) is 0 Å². The highest BCUT2D eigenvalue weighted by Crippen LogP contribution is 2.31. The first kappa shape index (κ1) is 16.1. The quantitative estimate of drug-likeness (QED) is 0.756. The molecule has 2 rings (SSSR count). The molecule has 1 aromatic carbocycles. The second kappa shape index (κ2) is 8.20. The van der Waals surface area contributed by atoms with E-state index in [-0.39, 0.29) is 6.04 Å². The number of aryl methyl sites for hydroxylation is 1. The second-order valence-corrected chi connectivity index (χ2v) is 6.21. The van der Waals surface area contributed by atoms with E-state index in [1.54, 1.807) is 18.4 Å². The topological polar surface area (TPSA) is 21.3 Å². The van der Waals surface area contributed by atoms with Crippen LogP contribution in [0.1, 0.15) is 48.7 Å². The molecule has 2 aromatic rings. The van der Waals surface area contributed by atoms with Gasteiger partial charge in [0.05, 0.1) is 13.2 Å². The summed E-state index contributed by atoms with van der Waals surface area (Å²) in [5.41, 5.74) is 2.76. The third-order valence-corrected chi connectivity index (χ3v) is 4.51. The molecule has 0 aliphatic rings. The fourth-order valence-electron chi connectivity index (χ4n) is 2.48. The van der Waals surface area contributed by atoms with Gasteiger partial charge in [-0.05, 0) is 36.6 Å². The number of thiophene rings is 1. The predicted octanol–water partition coefficient (Wildman–Crippen LogP) is 4.80. The fraction of sp³-hybridized carbons (Fsp3) is 0.444. The molecule has 1 aromatic heterocycles. The summed E-state index contributed by atoms with van der Waals surface area (Å²) in [4.78, 5) is 1.31. The van der Waals surface area contributed by atoms with Crippen LogP contribution in [0.15, 0.2) is 35.7 Å². The van der Waals surface area contributed by atoms with E-state index in [1.165, 1.54) is 22.4 Å². The van der Waals surface area contributed by atoms with E-state index in [2.05, 4.69) is 54.9 Å². The van der Waals surface area contributed by atoms with Crippen LogP contribution in [0.4, 0.5) is 0 Å². The largest absolute Gasteiger partial charge is 0.496 e. The van der Waals surface area contributed by atoms with Gasteiger partial charge in [0, 0.05) is 10.3 Å². The zero-order chi connectivity index (χ0) is 15.1. The molecule has 0 aliphatic carbocycles. The standard InChI is InChI=1S/C18H25NOS/c1-4-7-14-8-6-9-15(11-14)18(19-10-5-2)17-12-16(20-3)13-21-17/h6,8-9,11-13,18-19H,4-5,7,10H2,1-3H3. The molecule has 114 valence electrons. The lowest BCUT2D eigenvalue weighted by Crippen LogP contribution is -2.22. The van der Waals surface area contributed by atoms with E-state index < -0.39 is 0 Å². The Balaban J connectivity index is 2.28. The molecule has 0 saturated carbocycles. The Kier molecular flexibility index (Phi) is 6.27. The predicted molar refractivity (Wildman–Crippen MR) is 91.4 cm³/mol.